The number of aromatic amines is 1. The molecule has 0 amide bonds. The molecule has 0 saturated heterocycles. The summed E-state index contributed by atoms with van der Waals surface area (Å²) in [6, 6.07) is 8.31. The van der Waals surface area contributed by atoms with Crippen molar-refractivity contribution in [2.45, 2.75) is 13.3 Å². The van der Waals surface area contributed by atoms with E-state index >= 15 is 0 Å². The average Bonchev–Trinajstić information content (AvgIpc) is 3.08. The van der Waals surface area contributed by atoms with E-state index in [0.29, 0.717) is 12.1 Å². The monoisotopic (exact) mass is 317 g/mol. The fourth-order valence-electron chi connectivity index (χ4n) is 2.69. The number of benzene rings is 1. The smallest absolute Gasteiger partial charge is 0.103 e. The lowest BCUT2D eigenvalue weighted by Gasteiger charge is -2.14. The summed E-state index contributed by atoms with van der Waals surface area (Å²) in [5, 5.41) is 14.0. The van der Waals surface area contributed by atoms with Crippen LogP contribution in [0.5, 0.6) is 0 Å². The summed E-state index contributed by atoms with van der Waals surface area (Å²) in [6.07, 6.45) is 9.98. The lowest BCUT2D eigenvalue weighted by atomic mass is 10.1. The number of fused-ring (bicyclic) bond motifs is 1. The molecule has 0 spiro atoms. The Morgan fingerprint density at radius 3 is 3.00 bits per heavy atom. The van der Waals surface area contributed by atoms with Crippen LogP contribution < -0.4 is 11.1 Å². The summed E-state index contributed by atoms with van der Waals surface area (Å²) in [5.41, 5.74) is 10.9. The van der Waals surface area contributed by atoms with Crippen LogP contribution in [0.4, 0.5) is 11.4 Å². The lowest BCUT2D eigenvalue weighted by molar-refractivity contribution is 1.01. The maximum atomic E-state index is 9.42. The van der Waals surface area contributed by atoms with Gasteiger partial charge in [-0.2, -0.15) is 5.26 Å². The predicted molar refractivity (Wildman–Crippen MR) is 98.0 cm³/mol. The van der Waals surface area contributed by atoms with Gasteiger partial charge >= 0.3 is 0 Å². The van der Waals surface area contributed by atoms with Gasteiger partial charge in [0.2, 0.25) is 0 Å². The Morgan fingerprint density at radius 2 is 2.21 bits per heavy atom. The quantitative estimate of drug-likeness (QED) is 0.666. The molecule has 0 aliphatic heterocycles. The highest BCUT2D eigenvalue weighted by atomic mass is 14.9. The Morgan fingerprint density at radius 1 is 1.33 bits per heavy atom. The van der Waals surface area contributed by atoms with E-state index in [0.717, 1.165) is 39.8 Å². The van der Waals surface area contributed by atoms with Gasteiger partial charge in [0.25, 0.3) is 0 Å². The van der Waals surface area contributed by atoms with Crippen LogP contribution in [0, 0.1) is 18.3 Å². The minimum absolute atomic E-state index is 0.512. The van der Waals surface area contributed by atoms with Crippen LogP contribution in [-0.2, 0) is 0 Å². The van der Waals surface area contributed by atoms with Crippen molar-refractivity contribution in [3.05, 3.63) is 59.6 Å². The van der Waals surface area contributed by atoms with E-state index in [4.69, 9.17) is 5.73 Å². The molecule has 24 heavy (non-hydrogen) atoms. The van der Waals surface area contributed by atoms with E-state index in [1.165, 1.54) is 0 Å². The Balaban J connectivity index is 2.04. The highest BCUT2D eigenvalue weighted by molar-refractivity contribution is 5.89. The van der Waals surface area contributed by atoms with Gasteiger partial charge in [-0.1, -0.05) is 12.2 Å². The first-order valence-electron chi connectivity index (χ1n) is 7.83. The molecule has 0 saturated carbocycles. The number of rotatable bonds is 5. The summed E-state index contributed by atoms with van der Waals surface area (Å²) in [7, 11) is 0. The number of nitrogens with zero attached hydrogens (tertiary/aromatic N) is 2. The topological polar surface area (TPSA) is 90.5 Å². The molecule has 0 unspecified atom stereocenters. The third-order valence-electron chi connectivity index (χ3n) is 3.99. The molecule has 3 rings (SSSR count). The zero-order valence-electron chi connectivity index (χ0n) is 13.5. The van der Waals surface area contributed by atoms with Gasteiger partial charge in [-0.05, 0) is 43.7 Å². The van der Waals surface area contributed by atoms with Crippen molar-refractivity contribution in [1.29, 1.82) is 5.26 Å². The van der Waals surface area contributed by atoms with Crippen molar-refractivity contribution in [2.75, 3.05) is 11.9 Å². The average molecular weight is 317 g/mol. The number of aryl methyl sites for hydroxylation is 1. The van der Waals surface area contributed by atoms with Crippen LogP contribution in [0.25, 0.3) is 17.0 Å². The van der Waals surface area contributed by atoms with Crippen LogP contribution in [-0.4, -0.2) is 16.5 Å². The fraction of sp³-hybridized carbons (Fsp3) is 0.158. The third kappa shape index (κ3) is 3.00. The van der Waals surface area contributed by atoms with E-state index in [2.05, 4.69) is 34.3 Å². The largest absolute Gasteiger partial charge is 0.361 e. The van der Waals surface area contributed by atoms with Crippen LogP contribution >= 0.6 is 0 Å². The Labute approximate surface area is 140 Å². The molecule has 0 fully saturated rings. The first kappa shape index (κ1) is 15.8. The van der Waals surface area contributed by atoms with Crippen molar-refractivity contribution >= 4 is 28.4 Å². The summed E-state index contributed by atoms with van der Waals surface area (Å²) < 4.78 is 0. The van der Waals surface area contributed by atoms with Crippen molar-refractivity contribution in [2.24, 2.45) is 5.73 Å². The first-order chi connectivity index (χ1) is 11.7. The Hall–Kier alpha value is -3.10. The van der Waals surface area contributed by atoms with Crippen LogP contribution in [0.15, 0.2) is 42.9 Å². The molecule has 0 atom stereocenters. The van der Waals surface area contributed by atoms with E-state index in [1.54, 1.807) is 12.4 Å². The van der Waals surface area contributed by atoms with Gasteiger partial charge < -0.3 is 16.0 Å². The second kappa shape index (κ2) is 6.99. The number of nitrogens with two attached hydrogens (primary N) is 1. The maximum absolute atomic E-state index is 9.42. The summed E-state index contributed by atoms with van der Waals surface area (Å²) in [5.74, 6) is 0. The molecule has 0 radical (unpaired) electrons. The minimum atomic E-state index is 0.512. The van der Waals surface area contributed by atoms with Crippen LogP contribution in [0.3, 0.4) is 0 Å². The van der Waals surface area contributed by atoms with E-state index in [1.807, 2.05) is 30.5 Å². The molecule has 2 aromatic heterocycles. The van der Waals surface area contributed by atoms with Crippen molar-refractivity contribution in [3.8, 4) is 6.07 Å². The zero-order chi connectivity index (χ0) is 16.9. The van der Waals surface area contributed by atoms with Gasteiger partial charge in [0.05, 0.1) is 11.3 Å². The number of nitrogens with one attached hydrogen (secondary N) is 2. The standard InChI is InChI=1S/C19H19N5/c1-13-16-7-9-23-18(16)6-5-17(13)24-19-14(4-2-3-8-20)11-22-12-15(19)10-21/h2,4-7,9,11-12,23H,3,8,20H2,1H3,(H,22,24). The van der Waals surface area contributed by atoms with E-state index in [-0.39, 0.29) is 0 Å². The van der Waals surface area contributed by atoms with Gasteiger partial charge in [-0.15, -0.1) is 0 Å². The molecular formula is C19H19N5. The molecular weight excluding hydrogens is 298 g/mol. The van der Waals surface area contributed by atoms with Crippen LogP contribution in [0.1, 0.15) is 23.1 Å². The van der Waals surface area contributed by atoms with Gasteiger partial charge in [0.15, 0.2) is 0 Å². The second-order valence-corrected chi connectivity index (χ2v) is 5.54. The number of nitriles is 1. The first-order valence-corrected chi connectivity index (χ1v) is 7.83. The SMILES string of the molecule is Cc1c(Nc2c(C#N)cncc2C=CCCN)ccc2[nH]ccc12. The highest BCUT2D eigenvalue weighted by Gasteiger charge is 2.10. The number of hydrogen-bond acceptors (Lipinski definition) is 4. The molecule has 1 aromatic carbocycles. The third-order valence-corrected chi connectivity index (χ3v) is 3.99. The normalized spacial score (nSPS) is 11.0. The molecule has 3 aromatic rings. The number of aromatic nitrogens is 2. The van der Waals surface area contributed by atoms with E-state index < -0.39 is 0 Å². The number of anilines is 2. The van der Waals surface area contributed by atoms with Gasteiger partial charge in [-0.25, -0.2) is 0 Å². The molecule has 0 aliphatic rings. The van der Waals surface area contributed by atoms with E-state index in [9.17, 15) is 5.26 Å². The Kier molecular flexibility index (Phi) is 4.59. The van der Waals surface area contributed by atoms with Gasteiger partial charge in [0, 0.05) is 40.7 Å². The molecule has 5 heteroatoms. The summed E-state index contributed by atoms with van der Waals surface area (Å²) in [6.45, 7) is 2.66. The Bertz CT molecular complexity index is 931. The number of hydrogen-bond donors (Lipinski definition) is 3. The van der Waals surface area contributed by atoms with Crippen LogP contribution in [0.2, 0.25) is 0 Å². The van der Waals surface area contributed by atoms with Gasteiger partial charge in [0.1, 0.15) is 6.07 Å². The lowest BCUT2D eigenvalue weighted by Crippen LogP contribution is -2.00. The summed E-state index contributed by atoms with van der Waals surface area (Å²) in [4.78, 5) is 7.36. The molecule has 0 aliphatic carbocycles. The highest BCUT2D eigenvalue weighted by Crippen LogP contribution is 2.30. The molecule has 0 bridgehead atoms. The molecule has 4 N–H and O–H groups in total. The zero-order valence-corrected chi connectivity index (χ0v) is 13.5. The minimum Gasteiger partial charge on any atom is -0.361 e. The number of H-pyrrole nitrogens is 1. The molecule has 5 nitrogen and oxygen atoms in total. The maximum Gasteiger partial charge on any atom is 0.103 e. The molecule has 2 heterocycles. The summed E-state index contributed by atoms with van der Waals surface area (Å²) >= 11 is 0. The van der Waals surface area contributed by atoms with Crippen molar-refractivity contribution < 1.29 is 0 Å². The predicted octanol–water partition coefficient (Wildman–Crippen LogP) is 3.85. The second-order valence-electron chi connectivity index (χ2n) is 5.54. The fourth-order valence-corrected chi connectivity index (χ4v) is 2.69. The molecule has 120 valence electrons. The van der Waals surface area contributed by atoms with Crippen molar-refractivity contribution in [1.82, 2.24) is 9.97 Å². The number of pyridine rings is 1. The van der Waals surface area contributed by atoms with Gasteiger partial charge in [-0.3, -0.25) is 4.98 Å². The van der Waals surface area contributed by atoms with Crippen molar-refractivity contribution in [3.63, 3.8) is 0 Å².